The molecule has 0 aromatic heterocycles. The molecule has 2 atom stereocenters. The lowest BCUT2D eigenvalue weighted by Gasteiger charge is -2.33. The van der Waals surface area contributed by atoms with Crippen molar-refractivity contribution in [1.29, 1.82) is 5.26 Å². The number of carbonyl (C=O) groups is 1. The summed E-state index contributed by atoms with van der Waals surface area (Å²) in [5.41, 5.74) is 0.406. The third-order valence-corrected chi connectivity index (χ3v) is 3.57. The lowest BCUT2D eigenvalue weighted by Crippen LogP contribution is -2.35. The minimum absolute atomic E-state index is 0. The van der Waals surface area contributed by atoms with E-state index in [1.807, 2.05) is 37.3 Å². The van der Waals surface area contributed by atoms with Crippen molar-refractivity contribution in [2.45, 2.75) is 39.0 Å². The van der Waals surface area contributed by atoms with Crippen molar-refractivity contribution in [2.24, 2.45) is 5.92 Å². The fourth-order valence-corrected chi connectivity index (χ4v) is 2.35. The molecule has 0 radical (unpaired) electrons. The second-order valence-electron chi connectivity index (χ2n) is 4.64. The lowest BCUT2D eigenvalue weighted by molar-refractivity contribution is -0.125. The maximum absolute atomic E-state index is 11.8. The molecule has 2 nitrogen and oxygen atoms in total. The smallest absolute Gasteiger partial charge is 0.137 e. The molecule has 17 heavy (non-hydrogen) atoms. The first kappa shape index (κ1) is 13.4. The van der Waals surface area contributed by atoms with Gasteiger partial charge in [-0.2, -0.15) is 5.26 Å². The van der Waals surface area contributed by atoms with Crippen LogP contribution < -0.4 is 0 Å². The number of hydrogen-bond donors (Lipinski definition) is 0. The van der Waals surface area contributed by atoms with Gasteiger partial charge in [0.05, 0.1) is 11.5 Å². The Kier molecular flexibility index (Phi) is 4.07. The van der Waals surface area contributed by atoms with Crippen LogP contribution in [0.2, 0.25) is 0 Å². The molecule has 1 aromatic carbocycles. The van der Waals surface area contributed by atoms with E-state index in [1.165, 1.54) is 0 Å². The normalized spacial score (nSPS) is 28.0. The van der Waals surface area contributed by atoms with Gasteiger partial charge in [-0.15, -0.1) is 0 Å². The van der Waals surface area contributed by atoms with Gasteiger partial charge in [-0.1, -0.05) is 44.7 Å². The van der Waals surface area contributed by atoms with Gasteiger partial charge in [0, 0.05) is 12.3 Å². The lowest BCUT2D eigenvalue weighted by atomic mass is 9.67. The molecule has 1 saturated carbocycles. The van der Waals surface area contributed by atoms with Crippen LogP contribution in [0.15, 0.2) is 30.3 Å². The average Bonchev–Trinajstić information content (AvgIpc) is 2.34. The minimum Gasteiger partial charge on any atom is -0.299 e. The predicted molar refractivity (Wildman–Crippen MR) is 68.5 cm³/mol. The van der Waals surface area contributed by atoms with E-state index in [9.17, 15) is 10.1 Å². The summed E-state index contributed by atoms with van der Waals surface area (Å²) in [7, 11) is 0. The van der Waals surface area contributed by atoms with E-state index in [1.54, 1.807) is 0 Å². The average molecular weight is 229 g/mol. The molecule has 1 aromatic rings. The van der Waals surface area contributed by atoms with Crippen LogP contribution >= 0.6 is 0 Å². The first-order valence-corrected chi connectivity index (χ1v) is 5.67. The van der Waals surface area contributed by atoms with E-state index >= 15 is 0 Å². The molecule has 0 spiro atoms. The van der Waals surface area contributed by atoms with Crippen LogP contribution in [0.1, 0.15) is 39.2 Å². The SMILES string of the molecule is C.CC1CCC(C#N)(c2ccccc2)CC1=O. The van der Waals surface area contributed by atoms with Crippen LogP contribution in [0.25, 0.3) is 0 Å². The zero-order chi connectivity index (χ0) is 11.6. The van der Waals surface area contributed by atoms with E-state index in [0.717, 1.165) is 18.4 Å². The molecular weight excluding hydrogens is 210 g/mol. The Morgan fingerprint density at radius 2 is 2.00 bits per heavy atom. The van der Waals surface area contributed by atoms with Crippen molar-refractivity contribution in [3.05, 3.63) is 35.9 Å². The van der Waals surface area contributed by atoms with Crippen molar-refractivity contribution in [2.75, 3.05) is 0 Å². The van der Waals surface area contributed by atoms with Crippen LogP contribution in [0.3, 0.4) is 0 Å². The number of carbonyl (C=O) groups excluding carboxylic acids is 1. The Morgan fingerprint density at radius 3 is 2.53 bits per heavy atom. The summed E-state index contributed by atoms with van der Waals surface area (Å²) in [6.45, 7) is 1.95. The van der Waals surface area contributed by atoms with Gasteiger partial charge in [-0.05, 0) is 18.4 Å². The topological polar surface area (TPSA) is 40.9 Å². The van der Waals surface area contributed by atoms with Crippen LogP contribution in [0, 0.1) is 17.2 Å². The highest BCUT2D eigenvalue weighted by atomic mass is 16.1. The van der Waals surface area contributed by atoms with Crippen LogP contribution in [-0.4, -0.2) is 5.78 Å². The van der Waals surface area contributed by atoms with E-state index in [4.69, 9.17) is 0 Å². The summed E-state index contributed by atoms with van der Waals surface area (Å²) in [5, 5.41) is 9.40. The van der Waals surface area contributed by atoms with Crippen molar-refractivity contribution in [3.8, 4) is 6.07 Å². The van der Waals surface area contributed by atoms with Crippen molar-refractivity contribution < 1.29 is 4.79 Å². The van der Waals surface area contributed by atoms with Gasteiger partial charge in [0.2, 0.25) is 0 Å². The largest absolute Gasteiger partial charge is 0.299 e. The second kappa shape index (κ2) is 5.14. The molecule has 1 fully saturated rings. The van der Waals surface area contributed by atoms with Gasteiger partial charge in [-0.25, -0.2) is 0 Å². The molecule has 90 valence electrons. The van der Waals surface area contributed by atoms with Crippen molar-refractivity contribution in [1.82, 2.24) is 0 Å². The summed E-state index contributed by atoms with van der Waals surface area (Å²) in [5.74, 6) is 0.335. The molecule has 0 amide bonds. The molecule has 0 aliphatic heterocycles. The fourth-order valence-electron chi connectivity index (χ4n) is 2.35. The van der Waals surface area contributed by atoms with Gasteiger partial charge < -0.3 is 0 Å². The molecule has 2 rings (SSSR count). The highest BCUT2D eigenvalue weighted by Gasteiger charge is 2.40. The van der Waals surface area contributed by atoms with Crippen LogP contribution in [0.4, 0.5) is 0 Å². The molecule has 2 unspecified atom stereocenters. The van der Waals surface area contributed by atoms with Gasteiger partial charge in [-0.3, -0.25) is 4.79 Å². The molecule has 1 aliphatic rings. The van der Waals surface area contributed by atoms with Crippen molar-refractivity contribution >= 4 is 5.78 Å². The van der Waals surface area contributed by atoms with E-state index < -0.39 is 5.41 Å². The highest BCUT2D eigenvalue weighted by molar-refractivity contribution is 5.83. The molecule has 0 saturated heterocycles. The number of rotatable bonds is 1. The Balaban J connectivity index is 0.00000144. The zero-order valence-corrected chi connectivity index (χ0v) is 9.44. The summed E-state index contributed by atoms with van der Waals surface area (Å²) in [6, 6.07) is 12.1. The van der Waals surface area contributed by atoms with E-state index in [0.29, 0.717) is 6.42 Å². The van der Waals surface area contributed by atoms with E-state index in [-0.39, 0.29) is 19.1 Å². The number of nitrogens with zero attached hydrogens (tertiary/aromatic N) is 1. The first-order valence-electron chi connectivity index (χ1n) is 5.67. The quantitative estimate of drug-likeness (QED) is 0.739. The predicted octanol–water partition coefficient (Wildman–Crippen LogP) is 3.47. The maximum atomic E-state index is 11.8. The zero-order valence-electron chi connectivity index (χ0n) is 9.44. The molecule has 1 aliphatic carbocycles. The van der Waals surface area contributed by atoms with Crippen LogP contribution in [0.5, 0.6) is 0 Å². The number of ketones is 1. The van der Waals surface area contributed by atoms with Crippen LogP contribution in [-0.2, 0) is 10.2 Å². The van der Waals surface area contributed by atoms with E-state index in [2.05, 4.69) is 6.07 Å². The summed E-state index contributed by atoms with van der Waals surface area (Å²) in [6.07, 6.45) is 1.98. The van der Waals surface area contributed by atoms with Gasteiger partial charge in [0.1, 0.15) is 5.78 Å². The fraction of sp³-hybridized carbons (Fsp3) is 0.467. The number of benzene rings is 1. The van der Waals surface area contributed by atoms with Gasteiger partial charge in [0.25, 0.3) is 0 Å². The maximum Gasteiger partial charge on any atom is 0.137 e. The molecule has 0 heterocycles. The third-order valence-electron chi connectivity index (χ3n) is 3.57. The Morgan fingerprint density at radius 1 is 1.35 bits per heavy atom. The number of hydrogen-bond acceptors (Lipinski definition) is 2. The minimum atomic E-state index is -0.579. The third kappa shape index (κ3) is 2.39. The summed E-state index contributed by atoms with van der Waals surface area (Å²) in [4.78, 5) is 11.8. The summed E-state index contributed by atoms with van der Waals surface area (Å²) < 4.78 is 0. The second-order valence-corrected chi connectivity index (χ2v) is 4.64. The van der Waals surface area contributed by atoms with Gasteiger partial charge in [0.15, 0.2) is 0 Å². The van der Waals surface area contributed by atoms with Crippen molar-refractivity contribution in [3.63, 3.8) is 0 Å². The summed E-state index contributed by atoms with van der Waals surface area (Å²) >= 11 is 0. The first-order chi connectivity index (χ1) is 7.68. The Labute approximate surface area is 103 Å². The standard InChI is InChI=1S/C14H15NO.CH4/c1-11-7-8-14(10-15,9-13(11)16)12-5-3-2-4-6-12;/h2-6,11H,7-9H2,1H3;1H4. The Bertz CT molecular complexity index is 432. The molecule has 2 heteroatoms. The van der Waals surface area contributed by atoms with Gasteiger partial charge >= 0.3 is 0 Å². The molecular formula is C15H19NO. The molecule has 0 N–H and O–H groups in total. The number of Topliss-reactive ketones (excluding diaryl/α,β-unsaturated/α-hetero) is 1. The Hall–Kier alpha value is -1.62. The monoisotopic (exact) mass is 229 g/mol. The number of nitriles is 1. The molecule has 0 bridgehead atoms. The highest BCUT2D eigenvalue weighted by Crippen LogP contribution is 2.39.